The molecule has 184 valence electrons. The maximum atomic E-state index is 15.3. The van der Waals surface area contributed by atoms with Crippen LogP contribution in [0.15, 0.2) is 49.2 Å². The Morgan fingerprint density at radius 3 is 2.80 bits per heavy atom. The lowest BCUT2D eigenvalue weighted by Gasteiger charge is -2.33. The molecule has 0 aliphatic carbocycles. The molecule has 3 heterocycles. The van der Waals surface area contributed by atoms with E-state index in [1.165, 1.54) is 31.3 Å². The molecular formula is C25H27ClFN4O2PS. The SMILES string of the molecule is C=CC(=O)N1Cc2sc(Cl)cc2[C@H](c2ccccc2-c2cn(CCNC(C)=O)nc2C(C)(F)P)C1. The van der Waals surface area contributed by atoms with Crippen molar-refractivity contribution in [2.24, 2.45) is 0 Å². The van der Waals surface area contributed by atoms with Crippen LogP contribution in [0.4, 0.5) is 4.39 Å². The zero-order chi connectivity index (χ0) is 25.3. The Morgan fingerprint density at radius 2 is 2.11 bits per heavy atom. The maximum Gasteiger partial charge on any atom is 0.246 e. The third kappa shape index (κ3) is 5.50. The smallest absolute Gasteiger partial charge is 0.246 e. The Morgan fingerprint density at radius 1 is 1.37 bits per heavy atom. The van der Waals surface area contributed by atoms with Crippen LogP contribution < -0.4 is 5.32 Å². The number of nitrogens with one attached hydrogen (secondary N) is 1. The van der Waals surface area contributed by atoms with Crippen molar-refractivity contribution in [3.05, 3.63) is 75.2 Å². The van der Waals surface area contributed by atoms with Crippen LogP contribution in [0, 0.1) is 0 Å². The molecule has 0 saturated carbocycles. The number of benzene rings is 1. The first kappa shape index (κ1) is 25.5. The van der Waals surface area contributed by atoms with E-state index in [-0.39, 0.29) is 23.4 Å². The van der Waals surface area contributed by atoms with E-state index in [2.05, 4.69) is 26.2 Å². The van der Waals surface area contributed by atoms with Crippen molar-refractivity contribution < 1.29 is 14.0 Å². The Hall–Kier alpha value is -2.54. The molecule has 3 aromatic rings. The molecule has 2 unspecified atom stereocenters. The van der Waals surface area contributed by atoms with Crippen LogP contribution >= 0.6 is 32.2 Å². The number of fused-ring (bicyclic) bond motifs is 1. The molecule has 1 aliphatic heterocycles. The normalized spacial score (nSPS) is 16.9. The Kier molecular flexibility index (Phi) is 7.46. The van der Waals surface area contributed by atoms with Crippen LogP contribution in [-0.4, -0.2) is 39.6 Å². The summed E-state index contributed by atoms with van der Waals surface area (Å²) in [5, 5.41) is 5.49. The number of hydrogen-bond donors (Lipinski definition) is 1. The second-order valence-corrected chi connectivity index (χ2v) is 11.6. The van der Waals surface area contributed by atoms with Gasteiger partial charge in [-0.05, 0) is 35.8 Å². The third-order valence-corrected chi connectivity index (χ3v) is 7.51. The van der Waals surface area contributed by atoms with Gasteiger partial charge in [0, 0.05) is 42.6 Å². The molecule has 10 heteroatoms. The number of alkyl halides is 1. The minimum absolute atomic E-state index is 0.134. The van der Waals surface area contributed by atoms with Gasteiger partial charge in [0.2, 0.25) is 11.8 Å². The minimum atomic E-state index is -1.77. The van der Waals surface area contributed by atoms with Crippen molar-refractivity contribution in [1.29, 1.82) is 0 Å². The fraction of sp³-hybridized carbons (Fsp3) is 0.320. The Bertz CT molecular complexity index is 1280. The van der Waals surface area contributed by atoms with Crippen LogP contribution in [0.2, 0.25) is 4.34 Å². The van der Waals surface area contributed by atoms with E-state index in [0.29, 0.717) is 36.1 Å². The highest BCUT2D eigenvalue weighted by Crippen LogP contribution is 2.45. The molecule has 1 aromatic carbocycles. The van der Waals surface area contributed by atoms with E-state index < -0.39 is 5.41 Å². The number of amides is 2. The molecule has 2 aromatic heterocycles. The summed E-state index contributed by atoms with van der Waals surface area (Å²) in [5.41, 5.74) is 3.83. The minimum Gasteiger partial charge on any atom is -0.354 e. The summed E-state index contributed by atoms with van der Waals surface area (Å²) in [6.07, 6.45) is 3.14. The van der Waals surface area contributed by atoms with Gasteiger partial charge in [-0.2, -0.15) is 5.10 Å². The van der Waals surface area contributed by atoms with Gasteiger partial charge in [0.15, 0.2) is 5.41 Å². The number of nitrogens with zero attached hydrogens (tertiary/aromatic N) is 3. The average molecular weight is 533 g/mol. The first-order valence-corrected chi connectivity index (χ1v) is 12.9. The predicted molar refractivity (Wildman–Crippen MR) is 141 cm³/mol. The molecule has 1 aliphatic rings. The zero-order valence-corrected chi connectivity index (χ0v) is 22.3. The topological polar surface area (TPSA) is 67.2 Å². The lowest BCUT2D eigenvalue weighted by atomic mass is 9.83. The number of halogens is 2. The first-order valence-electron chi connectivity index (χ1n) is 11.2. The largest absolute Gasteiger partial charge is 0.354 e. The summed E-state index contributed by atoms with van der Waals surface area (Å²) in [6.45, 7) is 8.28. The van der Waals surface area contributed by atoms with Crippen molar-refractivity contribution >= 4 is 44.0 Å². The van der Waals surface area contributed by atoms with Gasteiger partial charge in [-0.3, -0.25) is 14.3 Å². The van der Waals surface area contributed by atoms with Crippen molar-refractivity contribution in [2.45, 2.75) is 38.3 Å². The molecule has 3 atom stereocenters. The number of thiophene rings is 1. The number of carbonyl (C=O) groups excluding carboxylic acids is 2. The highest BCUT2D eigenvalue weighted by atomic mass is 35.5. The summed E-state index contributed by atoms with van der Waals surface area (Å²) in [5.74, 6) is -0.422. The van der Waals surface area contributed by atoms with Gasteiger partial charge < -0.3 is 10.2 Å². The number of rotatable bonds is 7. The first-order chi connectivity index (χ1) is 16.6. The van der Waals surface area contributed by atoms with E-state index >= 15 is 4.39 Å². The van der Waals surface area contributed by atoms with Gasteiger partial charge in [0.25, 0.3) is 0 Å². The number of carbonyl (C=O) groups is 2. The monoisotopic (exact) mass is 532 g/mol. The fourth-order valence-corrected chi connectivity index (χ4v) is 6.00. The number of aromatic nitrogens is 2. The molecule has 0 bridgehead atoms. The van der Waals surface area contributed by atoms with Gasteiger partial charge >= 0.3 is 0 Å². The highest BCUT2D eigenvalue weighted by molar-refractivity contribution is 7.18. The molecule has 0 fully saturated rings. The van der Waals surface area contributed by atoms with E-state index in [1.54, 1.807) is 9.58 Å². The molecule has 35 heavy (non-hydrogen) atoms. The summed E-state index contributed by atoms with van der Waals surface area (Å²) < 4.78 is 17.6. The van der Waals surface area contributed by atoms with Crippen LogP contribution in [0.1, 0.15) is 41.5 Å². The Labute approximate surface area is 215 Å². The van der Waals surface area contributed by atoms with Gasteiger partial charge in [-0.25, -0.2) is 4.39 Å². The lowest BCUT2D eigenvalue weighted by molar-refractivity contribution is -0.127. The van der Waals surface area contributed by atoms with Gasteiger partial charge in [0.05, 0.1) is 17.4 Å². The fourth-order valence-electron chi connectivity index (χ4n) is 4.43. The lowest BCUT2D eigenvalue weighted by Crippen LogP contribution is -2.37. The summed E-state index contributed by atoms with van der Waals surface area (Å²) in [7, 11) is 2.22. The van der Waals surface area contributed by atoms with Gasteiger partial charge in [0.1, 0.15) is 5.69 Å². The quantitative estimate of drug-likeness (QED) is 0.341. The van der Waals surface area contributed by atoms with Gasteiger partial charge in [-0.15, -0.1) is 11.3 Å². The van der Waals surface area contributed by atoms with Crippen LogP contribution in [0.3, 0.4) is 0 Å². The summed E-state index contributed by atoms with van der Waals surface area (Å²) in [6, 6.07) is 9.77. The van der Waals surface area contributed by atoms with E-state index in [9.17, 15) is 9.59 Å². The highest BCUT2D eigenvalue weighted by Gasteiger charge is 2.34. The molecule has 0 spiro atoms. The van der Waals surface area contributed by atoms with Crippen molar-refractivity contribution in [3.63, 3.8) is 0 Å². The Balaban J connectivity index is 1.81. The average Bonchev–Trinajstić information content (AvgIpc) is 3.40. The van der Waals surface area contributed by atoms with E-state index in [4.69, 9.17) is 11.6 Å². The second kappa shape index (κ2) is 10.2. The molecular weight excluding hydrogens is 506 g/mol. The second-order valence-electron chi connectivity index (χ2n) is 8.70. The number of hydrogen-bond acceptors (Lipinski definition) is 4. The molecule has 1 N–H and O–H groups in total. The summed E-state index contributed by atoms with van der Waals surface area (Å²) >= 11 is 7.85. The molecule has 0 saturated heterocycles. The van der Waals surface area contributed by atoms with E-state index in [1.807, 2.05) is 36.5 Å². The predicted octanol–water partition coefficient (Wildman–Crippen LogP) is 5.08. The zero-order valence-electron chi connectivity index (χ0n) is 19.6. The molecule has 0 radical (unpaired) electrons. The van der Waals surface area contributed by atoms with Crippen LogP contribution in [-0.2, 0) is 28.1 Å². The van der Waals surface area contributed by atoms with Gasteiger partial charge in [-0.1, -0.05) is 51.7 Å². The van der Waals surface area contributed by atoms with Crippen molar-refractivity contribution in [1.82, 2.24) is 20.0 Å². The van der Waals surface area contributed by atoms with E-state index in [0.717, 1.165) is 21.6 Å². The molecule has 4 rings (SSSR count). The third-order valence-electron chi connectivity index (χ3n) is 5.98. The van der Waals surface area contributed by atoms with Crippen LogP contribution in [0.25, 0.3) is 11.1 Å². The van der Waals surface area contributed by atoms with Crippen molar-refractivity contribution in [3.8, 4) is 11.1 Å². The summed E-state index contributed by atoms with van der Waals surface area (Å²) in [4.78, 5) is 26.6. The van der Waals surface area contributed by atoms with Crippen LogP contribution in [0.5, 0.6) is 0 Å². The molecule has 6 nitrogen and oxygen atoms in total. The maximum absolute atomic E-state index is 15.3. The van der Waals surface area contributed by atoms with Crippen molar-refractivity contribution in [2.75, 3.05) is 13.1 Å². The molecule has 2 amide bonds. The standard InChI is InChI=1S/C25H27ClFN4O2PS/c1-4-23(33)30-12-19(18-11-22(26)35-21(18)14-30)16-7-5-6-8-17(16)20-13-31(10-9-28-15(2)32)29-24(20)25(3,27)34/h4-8,11,13,19H,1,9-10,12,14,34H2,2-3H3,(H,28,32)/t19-,25?/m0/s1.